The summed E-state index contributed by atoms with van der Waals surface area (Å²) >= 11 is 0. The van der Waals surface area contributed by atoms with Crippen molar-refractivity contribution in [3.8, 4) is 0 Å². The Morgan fingerprint density at radius 2 is 1.79 bits per heavy atom. The number of hydrogen-bond acceptors (Lipinski definition) is 6. The first kappa shape index (κ1) is 21.8. The highest BCUT2D eigenvalue weighted by Crippen LogP contribution is 2.40. The van der Waals surface area contributed by atoms with E-state index in [0.717, 1.165) is 6.07 Å². The van der Waals surface area contributed by atoms with Gasteiger partial charge in [0, 0.05) is 36.6 Å². The number of Topliss-reactive ketones (excluding diaryl/α,β-unsaturated/α-hetero) is 1. The van der Waals surface area contributed by atoms with Crippen LogP contribution in [0.5, 0.6) is 0 Å². The monoisotopic (exact) mass is 447 g/mol. The molecule has 0 spiro atoms. The molecular formula is C24H18FN3O5. The van der Waals surface area contributed by atoms with Crippen molar-refractivity contribution < 1.29 is 24.0 Å². The number of nitro groups is 1. The maximum atomic E-state index is 14.1. The first-order chi connectivity index (χ1) is 15.8. The smallest absolute Gasteiger partial charge is 0.295 e. The number of carbonyl (C=O) groups is 2. The normalized spacial score (nSPS) is 17.4. The molecule has 2 heterocycles. The van der Waals surface area contributed by atoms with Crippen molar-refractivity contribution in [2.24, 2.45) is 0 Å². The summed E-state index contributed by atoms with van der Waals surface area (Å²) in [6.45, 7) is 1.59. The van der Waals surface area contributed by atoms with E-state index in [1.807, 2.05) is 0 Å². The van der Waals surface area contributed by atoms with E-state index in [0.29, 0.717) is 16.7 Å². The van der Waals surface area contributed by atoms with Gasteiger partial charge < -0.3 is 10.0 Å². The van der Waals surface area contributed by atoms with Gasteiger partial charge >= 0.3 is 0 Å². The molecule has 1 aromatic heterocycles. The van der Waals surface area contributed by atoms with Crippen LogP contribution in [0.15, 0.2) is 72.6 Å². The number of hydrogen-bond donors (Lipinski definition) is 1. The molecule has 9 heteroatoms. The molecule has 0 bridgehead atoms. The van der Waals surface area contributed by atoms with Crippen molar-refractivity contribution in [2.45, 2.75) is 19.5 Å². The summed E-state index contributed by atoms with van der Waals surface area (Å²) < 4.78 is 14.1. The highest BCUT2D eigenvalue weighted by atomic mass is 19.1. The Morgan fingerprint density at radius 3 is 2.39 bits per heavy atom. The Labute approximate surface area is 187 Å². The summed E-state index contributed by atoms with van der Waals surface area (Å²) in [6.07, 6.45) is 3.09. The largest absolute Gasteiger partial charge is 0.507 e. The minimum atomic E-state index is -1.02. The molecule has 2 aromatic carbocycles. The number of aliphatic hydroxyl groups excluding tert-OH is 1. The van der Waals surface area contributed by atoms with Crippen LogP contribution in [-0.4, -0.2) is 31.6 Å². The second-order valence-electron chi connectivity index (χ2n) is 7.60. The van der Waals surface area contributed by atoms with E-state index in [1.165, 1.54) is 41.3 Å². The second-order valence-corrected chi connectivity index (χ2v) is 7.60. The number of aliphatic hydroxyl groups is 1. The molecule has 1 saturated heterocycles. The maximum Gasteiger partial charge on any atom is 0.295 e. The number of aromatic nitrogens is 1. The molecule has 166 valence electrons. The molecule has 1 amide bonds. The first-order valence-corrected chi connectivity index (χ1v) is 9.96. The predicted octanol–water partition coefficient (Wildman–Crippen LogP) is 4.06. The lowest BCUT2D eigenvalue weighted by atomic mass is 9.94. The van der Waals surface area contributed by atoms with E-state index in [9.17, 15) is 29.2 Å². The molecule has 1 fully saturated rings. The van der Waals surface area contributed by atoms with Crippen LogP contribution < -0.4 is 0 Å². The average molecular weight is 447 g/mol. The molecule has 0 aliphatic carbocycles. The van der Waals surface area contributed by atoms with Gasteiger partial charge in [-0.3, -0.25) is 24.7 Å². The summed E-state index contributed by atoms with van der Waals surface area (Å²) in [5.41, 5.74) is 1.11. The zero-order valence-corrected chi connectivity index (χ0v) is 17.4. The number of non-ortho nitro benzene ring substituents is 1. The zero-order chi connectivity index (χ0) is 23.7. The van der Waals surface area contributed by atoms with Crippen LogP contribution in [0.4, 0.5) is 10.1 Å². The van der Waals surface area contributed by atoms with Gasteiger partial charge in [0.1, 0.15) is 11.6 Å². The first-order valence-electron chi connectivity index (χ1n) is 9.96. The highest BCUT2D eigenvalue weighted by Gasteiger charge is 2.46. The topological polar surface area (TPSA) is 114 Å². The number of nitrogens with zero attached hydrogens (tertiary/aromatic N) is 3. The van der Waals surface area contributed by atoms with Gasteiger partial charge in [0.15, 0.2) is 0 Å². The summed E-state index contributed by atoms with van der Waals surface area (Å²) in [4.78, 5) is 41.7. The van der Waals surface area contributed by atoms with Crippen molar-refractivity contribution in [1.29, 1.82) is 0 Å². The van der Waals surface area contributed by atoms with Gasteiger partial charge in [-0.25, -0.2) is 4.39 Å². The summed E-state index contributed by atoms with van der Waals surface area (Å²) in [5, 5.41) is 22.0. The number of aryl methyl sites for hydroxylation is 1. The lowest BCUT2D eigenvalue weighted by Crippen LogP contribution is -2.29. The van der Waals surface area contributed by atoms with Gasteiger partial charge in [-0.05, 0) is 53.9 Å². The van der Waals surface area contributed by atoms with Crippen molar-refractivity contribution in [3.63, 3.8) is 0 Å². The summed E-state index contributed by atoms with van der Waals surface area (Å²) in [5.74, 6) is -2.86. The van der Waals surface area contributed by atoms with Crippen LogP contribution >= 0.6 is 0 Å². The minimum absolute atomic E-state index is 0.0355. The minimum Gasteiger partial charge on any atom is -0.507 e. The number of benzene rings is 2. The van der Waals surface area contributed by atoms with Crippen molar-refractivity contribution in [3.05, 3.63) is 111 Å². The molecule has 33 heavy (non-hydrogen) atoms. The van der Waals surface area contributed by atoms with E-state index < -0.39 is 34.2 Å². The standard InChI is InChI=1S/C24H18FN3O5/c1-14-2-3-17(12-19(14)25)22(29)20-21(16-4-6-18(7-5-16)28(32)33)27(24(31)23(20)30)13-15-8-10-26-11-9-15/h2-12,21,29H,13H2,1H3/t21-/m0/s1. The number of ketones is 1. The fraction of sp³-hybridized carbons (Fsp3) is 0.125. The number of amides is 1. The van der Waals surface area contributed by atoms with Gasteiger partial charge in [-0.1, -0.05) is 12.1 Å². The molecule has 1 aliphatic heterocycles. The number of pyridine rings is 1. The summed E-state index contributed by atoms with van der Waals surface area (Å²) in [6, 6.07) is 11.7. The molecular weight excluding hydrogens is 429 g/mol. The molecule has 0 unspecified atom stereocenters. The van der Waals surface area contributed by atoms with Gasteiger partial charge in [0.25, 0.3) is 17.4 Å². The van der Waals surface area contributed by atoms with Crippen LogP contribution in [0.1, 0.15) is 28.3 Å². The Hall–Kier alpha value is -4.40. The van der Waals surface area contributed by atoms with E-state index in [-0.39, 0.29) is 23.4 Å². The van der Waals surface area contributed by atoms with Gasteiger partial charge in [-0.2, -0.15) is 0 Å². The van der Waals surface area contributed by atoms with E-state index in [4.69, 9.17) is 0 Å². The summed E-state index contributed by atoms with van der Waals surface area (Å²) in [7, 11) is 0. The van der Waals surface area contributed by atoms with Crippen molar-refractivity contribution >= 4 is 23.1 Å². The van der Waals surface area contributed by atoms with E-state index in [2.05, 4.69) is 4.98 Å². The van der Waals surface area contributed by atoms with Crippen LogP contribution in [0, 0.1) is 22.9 Å². The van der Waals surface area contributed by atoms with Crippen molar-refractivity contribution in [1.82, 2.24) is 9.88 Å². The van der Waals surface area contributed by atoms with Gasteiger partial charge in [-0.15, -0.1) is 0 Å². The number of likely N-dealkylation sites (tertiary alicyclic amines) is 1. The SMILES string of the molecule is Cc1ccc(C(O)=C2C(=O)C(=O)N(Cc3ccncc3)[C@H]2c2ccc([N+](=O)[O-])cc2)cc1F. The Bertz CT molecular complexity index is 1290. The lowest BCUT2D eigenvalue weighted by Gasteiger charge is -2.25. The maximum absolute atomic E-state index is 14.1. The fourth-order valence-corrected chi connectivity index (χ4v) is 3.75. The Balaban J connectivity index is 1.87. The molecule has 1 N–H and O–H groups in total. The Kier molecular flexibility index (Phi) is 5.70. The highest BCUT2D eigenvalue weighted by molar-refractivity contribution is 6.46. The molecule has 8 nitrogen and oxygen atoms in total. The van der Waals surface area contributed by atoms with E-state index in [1.54, 1.807) is 31.5 Å². The quantitative estimate of drug-likeness (QED) is 0.207. The zero-order valence-electron chi connectivity index (χ0n) is 17.4. The molecule has 0 saturated carbocycles. The molecule has 0 radical (unpaired) electrons. The van der Waals surface area contributed by atoms with Gasteiger partial charge in [0.05, 0.1) is 16.5 Å². The number of nitro benzene ring substituents is 1. The third-order valence-electron chi connectivity index (χ3n) is 5.51. The Morgan fingerprint density at radius 1 is 1.12 bits per heavy atom. The number of halogens is 1. The molecule has 1 aliphatic rings. The van der Waals surface area contributed by atoms with E-state index >= 15 is 0 Å². The number of rotatable bonds is 5. The lowest BCUT2D eigenvalue weighted by molar-refractivity contribution is -0.384. The third-order valence-corrected chi connectivity index (χ3v) is 5.51. The van der Waals surface area contributed by atoms with Gasteiger partial charge in [0.2, 0.25) is 0 Å². The van der Waals surface area contributed by atoms with Crippen LogP contribution in [0.25, 0.3) is 5.76 Å². The molecule has 1 atom stereocenters. The molecule has 4 rings (SSSR count). The van der Waals surface area contributed by atoms with Crippen LogP contribution in [0.3, 0.4) is 0 Å². The third kappa shape index (κ3) is 4.08. The van der Waals surface area contributed by atoms with Crippen LogP contribution in [-0.2, 0) is 16.1 Å². The number of carbonyl (C=O) groups excluding carboxylic acids is 2. The van der Waals surface area contributed by atoms with Crippen molar-refractivity contribution in [2.75, 3.05) is 0 Å². The fourth-order valence-electron chi connectivity index (χ4n) is 3.75. The second kappa shape index (κ2) is 8.62. The predicted molar refractivity (Wildman–Crippen MR) is 116 cm³/mol. The molecule has 3 aromatic rings. The van der Waals surface area contributed by atoms with Crippen LogP contribution in [0.2, 0.25) is 0 Å². The average Bonchev–Trinajstić information content (AvgIpc) is 3.06.